The van der Waals surface area contributed by atoms with E-state index in [0.717, 1.165) is 4.90 Å². The number of aryl methyl sites for hydroxylation is 1. The minimum Gasteiger partial charge on any atom is -0.308 e. The molecule has 0 fully saturated rings. The van der Waals surface area contributed by atoms with E-state index in [1.165, 1.54) is 17.8 Å². The standard InChI is InChI=1S/C13H18FN5S/c1-13(2,3)15-8-9-10(14)6-5-7-11(9)20-12-16-17-18-19(12)4/h5-7,15H,8H2,1-4H3. The molecule has 0 radical (unpaired) electrons. The molecule has 0 aliphatic carbocycles. The first-order chi connectivity index (χ1) is 9.37. The fourth-order valence-electron chi connectivity index (χ4n) is 1.57. The van der Waals surface area contributed by atoms with E-state index >= 15 is 0 Å². The fraction of sp³-hybridized carbons (Fsp3) is 0.462. The van der Waals surface area contributed by atoms with E-state index < -0.39 is 0 Å². The number of nitrogens with one attached hydrogen (secondary N) is 1. The van der Waals surface area contributed by atoms with Crippen LogP contribution in [0.3, 0.4) is 0 Å². The van der Waals surface area contributed by atoms with Gasteiger partial charge < -0.3 is 5.32 Å². The largest absolute Gasteiger partial charge is 0.308 e. The Morgan fingerprint density at radius 1 is 1.35 bits per heavy atom. The van der Waals surface area contributed by atoms with Crippen LogP contribution in [-0.2, 0) is 13.6 Å². The average Bonchev–Trinajstić information content (AvgIpc) is 2.73. The molecular weight excluding hydrogens is 277 g/mol. The van der Waals surface area contributed by atoms with Crippen LogP contribution in [0.2, 0.25) is 0 Å². The lowest BCUT2D eigenvalue weighted by Gasteiger charge is -2.21. The van der Waals surface area contributed by atoms with E-state index in [4.69, 9.17) is 0 Å². The van der Waals surface area contributed by atoms with Crippen LogP contribution < -0.4 is 5.32 Å². The summed E-state index contributed by atoms with van der Waals surface area (Å²) in [7, 11) is 1.76. The maximum atomic E-state index is 14.0. The van der Waals surface area contributed by atoms with Crippen LogP contribution in [-0.4, -0.2) is 25.7 Å². The van der Waals surface area contributed by atoms with Crippen molar-refractivity contribution in [3.8, 4) is 0 Å². The first kappa shape index (κ1) is 14.9. The van der Waals surface area contributed by atoms with E-state index in [9.17, 15) is 4.39 Å². The zero-order valence-electron chi connectivity index (χ0n) is 12.0. The summed E-state index contributed by atoms with van der Waals surface area (Å²) < 4.78 is 15.6. The first-order valence-electron chi connectivity index (χ1n) is 6.29. The normalized spacial score (nSPS) is 11.8. The summed E-state index contributed by atoms with van der Waals surface area (Å²) in [6, 6.07) is 5.04. The van der Waals surface area contributed by atoms with Crippen molar-refractivity contribution in [2.24, 2.45) is 7.05 Å². The Balaban J connectivity index is 2.24. The van der Waals surface area contributed by atoms with Crippen molar-refractivity contribution in [2.45, 2.75) is 42.9 Å². The summed E-state index contributed by atoms with van der Waals surface area (Å²) in [5, 5.41) is 15.2. The highest BCUT2D eigenvalue weighted by Gasteiger charge is 2.15. The van der Waals surface area contributed by atoms with Gasteiger partial charge in [0.15, 0.2) is 0 Å². The predicted octanol–water partition coefficient (Wildman–Crippen LogP) is 2.39. The molecule has 1 heterocycles. The highest BCUT2D eigenvalue weighted by molar-refractivity contribution is 7.99. The Hall–Kier alpha value is -1.47. The molecule has 1 N–H and O–H groups in total. The van der Waals surface area contributed by atoms with Crippen LogP contribution >= 0.6 is 11.8 Å². The van der Waals surface area contributed by atoms with Crippen LogP contribution in [0.1, 0.15) is 26.3 Å². The molecule has 2 rings (SSSR count). The van der Waals surface area contributed by atoms with Gasteiger partial charge in [-0.05, 0) is 55.1 Å². The van der Waals surface area contributed by atoms with Gasteiger partial charge in [0.2, 0.25) is 5.16 Å². The minimum atomic E-state index is -0.220. The molecule has 5 nitrogen and oxygen atoms in total. The third-order valence-corrected chi connectivity index (χ3v) is 3.78. The molecule has 1 aromatic heterocycles. The molecule has 0 spiro atoms. The van der Waals surface area contributed by atoms with Gasteiger partial charge in [0.1, 0.15) is 5.82 Å². The smallest absolute Gasteiger partial charge is 0.213 e. The van der Waals surface area contributed by atoms with Crippen molar-refractivity contribution in [3.63, 3.8) is 0 Å². The Bertz CT molecular complexity index is 591. The monoisotopic (exact) mass is 295 g/mol. The summed E-state index contributed by atoms with van der Waals surface area (Å²) in [6.07, 6.45) is 0. The summed E-state index contributed by atoms with van der Waals surface area (Å²) in [4.78, 5) is 0.819. The van der Waals surface area contributed by atoms with Gasteiger partial charge in [-0.25, -0.2) is 9.07 Å². The number of tetrazole rings is 1. The van der Waals surface area contributed by atoms with Crippen LogP contribution in [0.5, 0.6) is 0 Å². The van der Waals surface area contributed by atoms with Crippen LogP contribution in [0, 0.1) is 5.82 Å². The highest BCUT2D eigenvalue weighted by Crippen LogP contribution is 2.30. The van der Waals surface area contributed by atoms with E-state index in [1.807, 2.05) is 26.8 Å². The Labute approximate surface area is 122 Å². The molecule has 0 aliphatic rings. The van der Waals surface area contributed by atoms with E-state index in [0.29, 0.717) is 17.3 Å². The number of aromatic nitrogens is 4. The molecule has 108 valence electrons. The van der Waals surface area contributed by atoms with Gasteiger partial charge in [-0.1, -0.05) is 6.07 Å². The minimum absolute atomic E-state index is 0.0729. The fourth-order valence-corrected chi connectivity index (χ4v) is 2.45. The lowest BCUT2D eigenvalue weighted by molar-refractivity contribution is 0.416. The molecule has 0 amide bonds. The van der Waals surface area contributed by atoms with E-state index in [2.05, 4.69) is 20.8 Å². The van der Waals surface area contributed by atoms with Crippen LogP contribution in [0.25, 0.3) is 0 Å². The van der Waals surface area contributed by atoms with Crippen LogP contribution in [0.4, 0.5) is 4.39 Å². The lowest BCUT2D eigenvalue weighted by atomic mass is 10.1. The maximum absolute atomic E-state index is 14.0. The quantitative estimate of drug-likeness (QED) is 0.938. The maximum Gasteiger partial charge on any atom is 0.213 e. The second kappa shape index (κ2) is 5.88. The summed E-state index contributed by atoms with van der Waals surface area (Å²) >= 11 is 1.36. The number of halogens is 1. The molecule has 0 bridgehead atoms. The van der Waals surface area contributed by atoms with Crippen molar-refractivity contribution in [2.75, 3.05) is 0 Å². The molecule has 0 saturated heterocycles. The number of nitrogens with zero attached hydrogens (tertiary/aromatic N) is 4. The molecule has 1 aromatic carbocycles. The number of hydrogen-bond acceptors (Lipinski definition) is 5. The Morgan fingerprint density at radius 2 is 2.10 bits per heavy atom. The third kappa shape index (κ3) is 3.77. The molecule has 0 saturated carbocycles. The van der Waals surface area contributed by atoms with Crippen molar-refractivity contribution in [1.29, 1.82) is 0 Å². The SMILES string of the molecule is Cn1nnnc1Sc1cccc(F)c1CNC(C)(C)C. The Kier molecular flexibility index (Phi) is 4.39. The molecule has 7 heteroatoms. The molecular formula is C13H18FN5S. The van der Waals surface area contributed by atoms with Gasteiger partial charge >= 0.3 is 0 Å². The van der Waals surface area contributed by atoms with Gasteiger partial charge in [-0.3, -0.25) is 0 Å². The topological polar surface area (TPSA) is 55.6 Å². The third-order valence-electron chi connectivity index (χ3n) is 2.65. The first-order valence-corrected chi connectivity index (χ1v) is 7.11. The van der Waals surface area contributed by atoms with Crippen molar-refractivity contribution in [1.82, 2.24) is 25.5 Å². The summed E-state index contributed by atoms with van der Waals surface area (Å²) in [5.74, 6) is -0.220. The van der Waals surface area contributed by atoms with Crippen LogP contribution in [0.15, 0.2) is 28.3 Å². The summed E-state index contributed by atoms with van der Waals surface area (Å²) in [5.41, 5.74) is 0.562. The zero-order valence-corrected chi connectivity index (χ0v) is 12.8. The second-order valence-corrected chi connectivity index (χ2v) is 6.52. The lowest BCUT2D eigenvalue weighted by Crippen LogP contribution is -2.35. The van der Waals surface area contributed by atoms with E-state index in [-0.39, 0.29) is 11.4 Å². The number of rotatable bonds is 4. The second-order valence-electron chi connectivity index (χ2n) is 5.51. The Morgan fingerprint density at radius 3 is 2.70 bits per heavy atom. The molecule has 2 aromatic rings. The van der Waals surface area contributed by atoms with Crippen molar-refractivity contribution in [3.05, 3.63) is 29.6 Å². The van der Waals surface area contributed by atoms with Crippen molar-refractivity contribution < 1.29 is 4.39 Å². The number of hydrogen-bond donors (Lipinski definition) is 1. The predicted molar refractivity (Wildman–Crippen MR) is 75.9 cm³/mol. The molecule has 0 atom stereocenters. The van der Waals surface area contributed by atoms with Gasteiger partial charge in [0.25, 0.3) is 0 Å². The van der Waals surface area contributed by atoms with Gasteiger partial charge in [0, 0.05) is 29.6 Å². The van der Waals surface area contributed by atoms with Crippen molar-refractivity contribution >= 4 is 11.8 Å². The molecule has 0 unspecified atom stereocenters. The zero-order chi connectivity index (χ0) is 14.8. The molecule has 20 heavy (non-hydrogen) atoms. The number of benzene rings is 1. The highest BCUT2D eigenvalue weighted by atomic mass is 32.2. The summed E-state index contributed by atoms with van der Waals surface area (Å²) in [6.45, 7) is 6.61. The molecule has 0 aliphatic heterocycles. The van der Waals surface area contributed by atoms with Gasteiger partial charge in [0.05, 0.1) is 0 Å². The van der Waals surface area contributed by atoms with Gasteiger partial charge in [-0.15, -0.1) is 5.10 Å². The average molecular weight is 295 g/mol. The van der Waals surface area contributed by atoms with Gasteiger partial charge in [-0.2, -0.15) is 0 Å². The van der Waals surface area contributed by atoms with E-state index in [1.54, 1.807) is 17.8 Å².